The van der Waals surface area contributed by atoms with Crippen LogP contribution in [0.25, 0.3) is 0 Å². The lowest BCUT2D eigenvalue weighted by atomic mass is 9.90. The van der Waals surface area contributed by atoms with Crippen molar-refractivity contribution in [3.05, 3.63) is 0 Å². The molecule has 0 heterocycles. The van der Waals surface area contributed by atoms with Crippen LogP contribution in [0.15, 0.2) is 0 Å². The van der Waals surface area contributed by atoms with E-state index < -0.39 is 5.54 Å². The van der Waals surface area contributed by atoms with Crippen LogP contribution in [0.2, 0.25) is 0 Å². The van der Waals surface area contributed by atoms with E-state index in [1.54, 1.807) is 14.0 Å². The van der Waals surface area contributed by atoms with Gasteiger partial charge in [-0.1, -0.05) is 19.3 Å². The van der Waals surface area contributed by atoms with E-state index in [0.29, 0.717) is 12.5 Å². The van der Waals surface area contributed by atoms with Crippen LogP contribution in [0.1, 0.15) is 39.0 Å². The molecule has 0 radical (unpaired) electrons. The molecule has 1 atom stereocenters. The van der Waals surface area contributed by atoms with Crippen LogP contribution in [0, 0.1) is 5.92 Å². The van der Waals surface area contributed by atoms with E-state index in [1.807, 2.05) is 0 Å². The lowest BCUT2D eigenvalue weighted by Gasteiger charge is -2.27. The van der Waals surface area contributed by atoms with Gasteiger partial charge in [-0.3, -0.25) is 4.79 Å². The highest BCUT2D eigenvalue weighted by Gasteiger charge is 2.29. The summed E-state index contributed by atoms with van der Waals surface area (Å²) in [6.07, 6.45) is 6.49. The molecule has 0 aromatic heterocycles. The van der Waals surface area contributed by atoms with Crippen LogP contribution in [-0.2, 0) is 9.53 Å². The van der Waals surface area contributed by atoms with E-state index in [1.165, 1.54) is 32.1 Å². The number of nitrogens with one attached hydrogen (secondary N) is 1. The third-order valence-corrected chi connectivity index (χ3v) is 3.56. The molecule has 0 aromatic rings. The first-order valence-corrected chi connectivity index (χ1v) is 6.15. The van der Waals surface area contributed by atoms with E-state index >= 15 is 0 Å². The molecule has 16 heavy (non-hydrogen) atoms. The molecule has 0 spiro atoms. The number of rotatable bonds is 6. The standard InChI is InChI=1S/C12H24N2O2/c1-12(14-2,11(13)15)9-16-8-10-6-4-3-5-7-10/h10,14H,3-9H2,1-2H3,(H2,13,15). The Bertz CT molecular complexity index is 227. The minimum atomic E-state index is -0.741. The topological polar surface area (TPSA) is 64.3 Å². The van der Waals surface area contributed by atoms with Crippen molar-refractivity contribution in [2.24, 2.45) is 11.7 Å². The highest BCUT2D eigenvalue weighted by molar-refractivity contribution is 5.84. The second-order valence-electron chi connectivity index (χ2n) is 4.97. The summed E-state index contributed by atoms with van der Waals surface area (Å²) in [7, 11) is 1.73. The number of hydrogen-bond donors (Lipinski definition) is 2. The van der Waals surface area contributed by atoms with Gasteiger partial charge in [0.2, 0.25) is 5.91 Å². The summed E-state index contributed by atoms with van der Waals surface area (Å²) in [6.45, 7) is 2.89. The minimum absolute atomic E-state index is 0.356. The molecule has 1 rings (SSSR count). The summed E-state index contributed by atoms with van der Waals surface area (Å²) in [5.74, 6) is 0.307. The van der Waals surface area contributed by atoms with Crippen molar-refractivity contribution >= 4 is 5.91 Å². The Kier molecular flexibility index (Phi) is 5.22. The van der Waals surface area contributed by atoms with Crippen LogP contribution in [-0.4, -0.2) is 31.7 Å². The van der Waals surface area contributed by atoms with E-state index in [9.17, 15) is 4.79 Å². The second kappa shape index (κ2) is 6.21. The van der Waals surface area contributed by atoms with Crippen molar-refractivity contribution in [1.82, 2.24) is 5.32 Å². The quantitative estimate of drug-likeness (QED) is 0.714. The second-order valence-corrected chi connectivity index (χ2v) is 4.97. The average molecular weight is 228 g/mol. The molecule has 0 aromatic carbocycles. The normalized spacial score (nSPS) is 21.6. The molecule has 0 saturated heterocycles. The molecule has 1 aliphatic carbocycles. The number of primary amides is 1. The van der Waals surface area contributed by atoms with Crippen LogP contribution < -0.4 is 11.1 Å². The molecule has 1 aliphatic rings. The maximum atomic E-state index is 11.2. The SMILES string of the molecule is CNC(C)(COCC1CCCCC1)C(N)=O. The highest BCUT2D eigenvalue weighted by Crippen LogP contribution is 2.23. The Morgan fingerprint density at radius 2 is 2.06 bits per heavy atom. The van der Waals surface area contributed by atoms with Crippen LogP contribution in [0.5, 0.6) is 0 Å². The summed E-state index contributed by atoms with van der Waals surface area (Å²) in [5, 5.41) is 2.92. The zero-order chi connectivity index (χ0) is 12.0. The molecule has 4 nitrogen and oxygen atoms in total. The van der Waals surface area contributed by atoms with Gasteiger partial charge in [-0.15, -0.1) is 0 Å². The Morgan fingerprint density at radius 1 is 1.44 bits per heavy atom. The zero-order valence-electron chi connectivity index (χ0n) is 10.4. The van der Waals surface area contributed by atoms with Gasteiger partial charge in [0.1, 0.15) is 5.54 Å². The van der Waals surface area contributed by atoms with E-state index in [-0.39, 0.29) is 5.91 Å². The molecule has 1 unspecified atom stereocenters. The Balaban J connectivity index is 2.25. The Labute approximate surface area is 97.9 Å². The molecule has 0 bridgehead atoms. The first-order chi connectivity index (χ1) is 7.58. The number of hydrogen-bond acceptors (Lipinski definition) is 3. The van der Waals surface area contributed by atoms with Gasteiger partial charge in [0.25, 0.3) is 0 Å². The predicted octanol–water partition coefficient (Wildman–Crippen LogP) is 1.05. The minimum Gasteiger partial charge on any atom is -0.379 e. The van der Waals surface area contributed by atoms with E-state index in [0.717, 1.165) is 6.61 Å². The molecule has 0 aliphatic heterocycles. The molecule has 1 saturated carbocycles. The van der Waals surface area contributed by atoms with Crippen LogP contribution >= 0.6 is 0 Å². The smallest absolute Gasteiger partial charge is 0.239 e. The van der Waals surface area contributed by atoms with Crippen molar-refractivity contribution in [1.29, 1.82) is 0 Å². The van der Waals surface area contributed by atoms with Gasteiger partial charge >= 0.3 is 0 Å². The van der Waals surface area contributed by atoms with Gasteiger partial charge < -0.3 is 15.8 Å². The van der Waals surface area contributed by atoms with Gasteiger partial charge in [0.05, 0.1) is 6.61 Å². The lowest BCUT2D eigenvalue weighted by Crippen LogP contribution is -2.55. The van der Waals surface area contributed by atoms with Crippen molar-refractivity contribution in [2.45, 2.75) is 44.6 Å². The van der Waals surface area contributed by atoms with Gasteiger partial charge in [0, 0.05) is 6.61 Å². The van der Waals surface area contributed by atoms with Crippen LogP contribution in [0.4, 0.5) is 0 Å². The number of carbonyl (C=O) groups is 1. The molecule has 1 fully saturated rings. The lowest BCUT2D eigenvalue weighted by molar-refractivity contribution is -0.126. The fourth-order valence-corrected chi connectivity index (χ4v) is 2.05. The fraction of sp³-hybridized carbons (Fsp3) is 0.917. The average Bonchev–Trinajstić information content (AvgIpc) is 2.30. The summed E-state index contributed by atoms with van der Waals surface area (Å²) >= 11 is 0. The Hall–Kier alpha value is -0.610. The van der Waals surface area contributed by atoms with E-state index in [2.05, 4.69) is 5.32 Å². The van der Waals surface area contributed by atoms with Crippen molar-refractivity contribution in [3.63, 3.8) is 0 Å². The zero-order valence-corrected chi connectivity index (χ0v) is 10.4. The molecule has 4 heteroatoms. The number of carbonyl (C=O) groups excluding carboxylic acids is 1. The third kappa shape index (κ3) is 3.76. The van der Waals surface area contributed by atoms with Gasteiger partial charge in [-0.2, -0.15) is 0 Å². The molecule has 3 N–H and O–H groups in total. The van der Waals surface area contributed by atoms with Crippen molar-refractivity contribution in [2.75, 3.05) is 20.3 Å². The summed E-state index contributed by atoms with van der Waals surface area (Å²) in [6, 6.07) is 0. The number of likely N-dealkylation sites (N-methyl/N-ethyl adjacent to an activating group) is 1. The monoisotopic (exact) mass is 228 g/mol. The van der Waals surface area contributed by atoms with Gasteiger partial charge in [-0.25, -0.2) is 0 Å². The molecule has 94 valence electrons. The molecule has 1 amide bonds. The number of nitrogens with two attached hydrogens (primary N) is 1. The summed E-state index contributed by atoms with van der Waals surface area (Å²) in [5.41, 5.74) is 4.58. The third-order valence-electron chi connectivity index (χ3n) is 3.56. The van der Waals surface area contributed by atoms with E-state index in [4.69, 9.17) is 10.5 Å². The van der Waals surface area contributed by atoms with Crippen LogP contribution in [0.3, 0.4) is 0 Å². The first-order valence-electron chi connectivity index (χ1n) is 6.15. The van der Waals surface area contributed by atoms with Gasteiger partial charge in [0.15, 0.2) is 0 Å². The van der Waals surface area contributed by atoms with Crippen molar-refractivity contribution in [3.8, 4) is 0 Å². The molecular weight excluding hydrogens is 204 g/mol. The maximum absolute atomic E-state index is 11.2. The summed E-state index contributed by atoms with van der Waals surface area (Å²) < 4.78 is 5.63. The first kappa shape index (κ1) is 13.5. The van der Waals surface area contributed by atoms with Gasteiger partial charge in [-0.05, 0) is 32.7 Å². The predicted molar refractivity (Wildman–Crippen MR) is 64.1 cm³/mol. The number of ether oxygens (including phenoxy) is 1. The fourth-order valence-electron chi connectivity index (χ4n) is 2.05. The summed E-state index contributed by atoms with van der Waals surface area (Å²) in [4.78, 5) is 11.2. The largest absolute Gasteiger partial charge is 0.379 e. The van der Waals surface area contributed by atoms with Crippen molar-refractivity contribution < 1.29 is 9.53 Å². The number of amides is 1. The highest BCUT2D eigenvalue weighted by atomic mass is 16.5. The maximum Gasteiger partial charge on any atom is 0.239 e. The Morgan fingerprint density at radius 3 is 2.56 bits per heavy atom. The molecular formula is C12H24N2O2.